The Kier molecular flexibility index (Phi) is 3.61. The molecule has 0 amide bonds. The zero-order valence-corrected chi connectivity index (χ0v) is 10.5. The average Bonchev–Trinajstić information content (AvgIpc) is 2.39. The Labute approximate surface area is 110 Å². The standard InChI is InChI=1S/C13H13N3O3/c1-8-7-9(3-5-11(8)19-2)14-12-6-4-10(13(17)18)15-16-12/h3-7H,1-2H3,(H,14,16)(H,17,18). The fourth-order valence-corrected chi connectivity index (χ4v) is 1.62. The maximum absolute atomic E-state index is 10.6. The summed E-state index contributed by atoms with van der Waals surface area (Å²) in [6, 6.07) is 8.56. The molecule has 0 spiro atoms. The molecule has 1 heterocycles. The third kappa shape index (κ3) is 2.98. The van der Waals surface area contributed by atoms with Crippen molar-refractivity contribution in [2.75, 3.05) is 12.4 Å². The van der Waals surface area contributed by atoms with Crippen LogP contribution in [0.2, 0.25) is 0 Å². The molecule has 0 saturated carbocycles. The van der Waals surface area contributed by atoms with E-state index in [0.29, 0.717) is 5.82 Å². The number of anilines is 2. The van der Waals surface area contributed by atoms with E-state index in [2.05, 4.69) is 15.5 Å². The topological polar surface area (TPSA) is 84.3 Å². The Bertz CT molecular complexity index is 597. The van der Waals surface area contributed by atoms with Gasteiger partial charge < -0.3 is 15.2 Å². The summed E-state index contributed by atoms with van der Waals surface area (Å²) in [4.78, 5) is 10.6. The van der Waals surface area contributed by atoms with Gasteiger partial charge in [0.25, 0.3) is 0 Å². The van der Waals surface area contributed by atoms with Gasteiger partial charge in [-0.15, -0.1) is 10.2 Å². The molecule has 0 unspecified atom stereocenters. The molecule has 0 fully saturated rings. The molecule has 0 saturated heterocycles. The van der Waals surface area contributed by atoms with Crippen LogP contribution in [0.3, 0.4) is 0 Å². The van der Waals surface area contributed by atoms with Crippen LogP contribution in [-0.4, -0.2) is 28.4 Å². The van der Waals surface area contributed by atoms with E-state index < -0.39 is 5.97 Å². The van der Waals surface area contributed by atoms with E-state index in [-0.39, 0.29) is 5.69 Å². The number of rotatable bonds is 4. The molecule has 2 N–H and O–H groups in total. The summed E-state index contributed by atoms with van der Waals surface area (Å²) in [5, 5.41) is 19.2. The molecule has 1 aromatic carbocycles. The van der Waals surface area contributed by atoms with Crippen molar-refractivity contribution in [3.63, 3.8) is 0 Å². The number of ether oxygens (including phenoxy) is 1. The van der Waals surface area contributed by atoms with Crippen LogP contribution in [0.5, 0.6) is 5.75 Å². The lowest BCUT2D eigenvalue weighted by molar-refractivity contribution is 0.0689. The Balaban J connectivity index is 2.16. The van der Waals surface area contributed by atoms with Gasteiger partial charge >= 0.3 is 5.97 Å². The summed E-state index contributed by atoms with van der Waals surface area (Å²) in [5.74, 6) is 0.187. The first-order valence-electron chi connectivity index (χ1n) is 5.59. The van der Waals surface area contributed by atoms with Crippen molar-refractivity contribution in [2.24, 2.45) is 0 Å². The van der Waals surface area contributed by atoms with Crippen LogP contribution in [0.4, 0.5) is 11.5 Å². The lowest BCUT2D eigenvalue weighted by atomic mass is 10.2. The van der Waals surface area contributed by atoms with E-state index in [0.717, 1.165) is 17.0 Å². The van der Waals surface area contributed by atoms with Crippen LogP contribution < -0.4 is 10.1 Å². The second-order valence-corrected chi connectivity index (χ2v) is 3.92. The molecular weight excluding hydrogens is 246 g/mol. The molecule has 6 nitrogen and oxygen atoms in total. The van der Waals surface area contributed by atoms with Gasteiger partial charge in [-0.3, -0.25) is 0 Å². The largest absolute Gasteiger partial charge is 0.496 e. The van der Waals surface area contributed by atoms with Crippen LogP contribution in [-0.2, 0) is 0 Å². The van der Waals surface area contributed by atoms with Crippen LogP contribution in [0.25, 0.3) is 0 Å². The lowest BCUT2D eigenvalue weighted by Crippen LogP contribution is -2.03. The van der Waals surface area contributed by atoms with Crippen LogP contribution in [0, 0.1) is 6.92 Å². The van der Waals surface area contributed by atoms with Crippen molar-refractivity contribution in [3.8, 4) is 5.75 Å². The fourth-order valence-electron chi connectivity index (χ4n) is 1.62. The summed E-state index contributed by atoms with van der Waals surface area (Å²) < 4.78 is 5.17. The zero-order valence-electron chi connectivity index (χ0n) is 10.5. The molecule has 0 bridgehead atoms. The number of carbonyl (C=O) groups is 1. The second kappa shape index (κ2) is 5.34. The summed E-state index contributed by atoms with van der Waals surface area (Å²) in [7, 11) is 1.62. The van der Waals surface area contributed by atoms with Gasteiger partial charge in [-0.2, -0.15) is 0 Å². The van der Waals surface area contributed by atoms with Crippen LogP contribution in [0.1, 0.15) is 16.1 Å². The molecule has 98 valence electrons. The number of aryl methyl sites for hydroxylation is 1. The van der Waals surface area contributed by atoms with E-state index in [4.69, 9.17) is 9.84 Å². The number of carboxylic acid groups (broad SMARTS) is 1. The Morgan fingerprint density at radius 3 is 2.58 bits per heavy atom. The van der Waals surface area contributed by atoms with E-state index in [1.165, 1.54) is 6.07 Å². The van der Waals surface area contributed by atoms with E-state index in [1.54, 1.807) is 13.2 Å². The summed E-state index contributed by atoms with van der Waals surface area (Å²) in [5.41, 5.74) is 1.73. The molecule has 0 aliphatic rings. The molecule has 0 aliphatic heterocycles. The number of hydrogen-bond acceptors (Lipinski definition) is 5. The van der Waals surface area contributed by atoms with E-state index >= 15 is 0 Å². The Morgan fingerprint density at radius 1 is 1.26 bits per heavy atom. The molecule has 6 heteroatoms. The van der Waals surface area contributed by atoms with E-state index in [1.807, 2.05) is 25.1 Å². The quantitative estimate of drug-likeness (QED) is 0.875. The minimum absolute atomic E-state index is 0.0866. The third-order valence-electron chi connectivity index (χ3n) is 2.55. The monoisotopic (exact) mass is 259 g/mol. The van der Waals surface area contributed by atoms with Gasteiger partial charge in [0.2, 0.25) is 0 Å². The van der Waals surface area contributed by atoms with Gasteiger partial charge in [-0.1, -0.05) is 0 Å². The molecule has 0 aliphatic carbocycles. The Hall–Kier alpha value is -2.63. The maximum Gasteiger partial charge on any atom is 0.356 e. The van der Waals surface area contributed by atoms with Crippen molar-refractivity contribution in [1.29, 1.82) is 0 Å². The number of nitrogens with zero attached hydrogens (tertiary/aromatic N) is 2. The molecule has 0 radical (unpaired) electrons. The number of aromatic carboxylic acids is 1. The number of nitrogens with one attached hydrogen (secondary N) is 1. The molecule has 19 heavy (non-hydrogen) atoms. The molecular formula is C13H13N3O3. The summed E-state index contributed by atoms with van der Waals surface area (Å²) >= 11 is 0. The van der Waals surface area contributed by atoms with Gasteiger partial charge in [0.15, 0.2) is 11.5 Å². The van der Waals surface area contributed by atoms with Crippen molar-refractivity contribution >= 4 is 17.5 Å². The molecule has 1 aromatic heterocycles. The highest BCUT2D eigenvalue weighted by atomic mass is 16.5. The molecule has 2 rings (SSSR count). The van der Waals surface area contributed by atoms with Gasteiger partial charge in [0.05, 0.1) is 7.11 Å². The third-order valence-corrected chi connectivity index (χ3v) is 2.55. The first kappa shape index (κ1) is 12.8. The summed E-state index contributed by atoms with van der Waals surface area (Å²) in [6.45, 7) is 1.93. The van der Waals surface area contributed by atoms with E-state index in [9.17, 15) is 4.79 Å². The van der Waals surface area contributed by atoms with Crippen LogP contribution >= 0.6 is 0 Å². The normalized spacial score (nSPS) is 10.0. The van der Waals surface area contributed by atoms with Gasteiger partial charge in [0.1, 0.15) is 5.75 Å². The first-order valence-corrected chi connectivity index (χ1v) is 5.59. The molecule has 2 aromatic rings. The van der Waals surface area contributed by atoms with Crippen molar-refractivity contribution < 1.29 is 14.6 Å². The minimum Gasteiger partial charge on any atom is -0.496 e. The first-order chi connectivity index (χ1) is 9.10. The zero-order chi connectivity index (χ0) is 13.8. The predicted molar refractivity (Wildman–Crippen MR) is 70.0 cm³/mol. The number of aromatic nitrogens is 2. The van der Waals surface area contributed by atoms with Gasteiger partial charge in [0, 0.05) is 5.69 Å². The Morgan fingerprint density at radius 2 is 2.05 bits per heavy atom. The highest BCUT2D eigenvalue weighted by Crippen LogP contribution is 2.23. The maximum atomic E-state index is 10.6. The SMILES string of the molecule is COc1ccc(Nc2ccc(C(=O)O)nn2)cc1C. The van der Waals surface area contributed by atoms with Crippen molar-refractivity contribution in [1.82, 2.24) is 10.2 Å². The number of benzene rings is 1. The second-order valence-electron chi connectivity index (χ2n) is 3.92. The smallest absolute Gasteiger partial charge is 0.356 e. The lowest BCUT2D eigenvalue weighted by Gasteiger charge is -2.08. The predicted octanol–water partition coefficient (Wildman–Crippen LogP) is 2.24. The minimum atomic E-state index is -1.10. The highest BCUT2D eigenvalue weighted by molar-refractivity contribution is 5.85. The molecule has 0 atom stereocenters. The van der Waals surface area contributed by atoms with Gasteiger partial charge in [-0.25, -0.2) is 4.79 Å². The van der Waals surface area contributed by atoms with Crippen molar-refractivity contribution in [2.45, 2.75) is 6.92 Å². The van der Waals surface area contributed by atoms with Crippen molar-refractivity contribution in [3.05, 3.63) is 41.6 Å². The number of hydrogen-bond donors (Lipinski definition) is 2. The number of methoxy groups -OCH3 is 1. The van der Waals surface area contributed by atoms with Gasteiger partial charge in [-0.05, 0) is 42.8 Å². The average molecular weight is 259 g/mol. The fraction of sp³-hybridized carbons (Fsp3) is 0.154. The summed E-state index contributed by atoms with van der Waals surface area (Å²) in [6.07, 6.45) is 0. The number of carboxylic acids is 1. The van der Waals surface area contributed by atoms with Crippen LogP contribution in [0.15, 0.2) is 30.3 Å². The highest BCUT2D eigenvalue weighted by Gasteiger charge is 2.05.